The molecule has 54 valence electrons. The minimum Gasteiger partial charge on any atom is -0.384 e. The summed E-state index contributed by atoms with van der Waals surface area (Å²) < 4.78 is 4.93. The zero-order valence-electron chi connectivity index (χ0n) is 5.88. The number of ether oxygens (including phenoxy) is 1. The predicted molar refractivity (Wildman–Crippen MR) is 31.8 cm³/mol. The summed E-state index contributed by atoms with van der Waals surface area (Å²) in [7, 11) is 0. The van der Waals surface area contributed by atoms with Crippen LogP contribution in [0, 0.1) is 0 Å². The lowest BCUT2D eigenvalue weighted by Crippen LogP contribution is -2.68. The van der Waals surface area contributed by atoms with Crippen molar-refractivity contribution in [1.82, 2.24) is 0 Å². The molecule has 1 aliphatic heterocycles. The molecule has 0 aromatic heterocycles. The van der Waals surface area contributed by atoms with Gasteiger partial charge in [-0.15, -0.1) is 0 Å². The Morgan fingerprint density at radius 1 is 1.33 bits per heavy atom. The summed E-state index contributed by atoms with van der Waals surface area (Å²) >= 11 is 0. The van der Waals surface area contributed by atoms with Gasteiger partial charge in [-0.2, -0.15) is 0 Å². The van der Waals surface area contributed by atoms with Gasteiger partial charge in [-0.05, 0) is 20.8 Å². The molecule has 3 heteroatoms. The van der Waals surface area contributed by atoms with Gasteiger partial charge < -0.3 is 14.9 Å². The van der Waals surface area contributed by atoms with Gasteiger partial charge in [-0.25, -0.2) is 0 Å². The first-order chi connectivity index (χ1) is 3.86. The minimum atomic E-state index is -1.33. The van der Waals surface area contributed by atoms with Crippen LogP contribution in [-0.2, 0) is 4.74 Å². The zero-order chi connectivity index (χ0) is 7.28. The van der Waals surface area contributed by atoms with Crippen molar-refractivity contribution in [3.05, 3.63) is 0 Å². The molecule has 1 rings (SSSR count). The van der Waals surface area contributed by atoms with Crippen LogP contribution in [0.5, 0.6) is 0 Å². The van der Waals surface area contributed by atoms with Gasteiger partial charge in [-0.1, -0.05) is 0 Å². The molecule has 0 aromatic rings. The van der Waals surface area contributed by atoms with Gasteiger partial charge in [-0.3, -0.25) is 0 Å². The van der Waals surface area contributed by atoms with Crippen molar-refractivity contribution in [2.45, 2.75) is 38.3 Å². The van der Waals surface area contributed by atoms with E-state index in [4.69, 9.17) is 14.9 Å². The van der Waals surface area contributed by atoms with E-state index in [1.54, 1.807) is 13.8 Å². The lowest BCUT2D eigenvalue weighted by Gasteiger charge is -2.52. The van der Waals surface area contributed by atoms with Crippen molar-refractivity contribution in [3.8, 4) is 0 Å². The Bertz CT molecular complexity index is 114. The number of hydrogen-bond donors (Lipinski definition) is 2. The summed E-state index contributed by atoms with van der Waals surface area (Å²) in [6.45, 7) is 4.91. The Labute approximate surface area is 54.3 Å². The Morgan fingerprint density at radius 2 is 1.78 bits per heavy atom. The third-order valence-electron chi connectivity index (χ3n) is 1.64. The molecule has 1 saturated heterocycles. The van der Waals surface area contributed by atoms with Crippen LogP contribution in [0.2, 0.25) is 0 Å². The van der Waals surface area contributed by atoms with Gasteiger partial charge in [0.25, 0.3) is 0 Å². The lowest BCUT2D eigenvalue weighted by atomic mass is 9.87. The summed E-state index contributed by atoms with van der Waals surface area (Å²) in [4.78, 5) is 0. The van der Waals surface area contributed by atoms with Crippen LogP contribution in [-0.4, -0.2) is 27.7 Å². The van der Waals surface area contributed by atoms with Crippen LogP contribution in [0.4, 0.5) is 0 Å². The summed E-state index contributed by atoms with van der Waals surface area (Å²) in [5.74, 6) is -1.33. The highest BCUT2D eigenvalue weighted by Gasteiger charge is 2.56. The Balaban J connectivity index is 2.62. The number of aliphatic hydroxyl groups excluding tert-OH is 1. The van der Waals surface area contributed by atoms with Gasteiger partial charge in [0.1, 0.15) is 6.10 Å². The number of hydrogen-bond acceptors (Lipinski definition) is 3. The fraction of sp³-hybridized carbons (Fsp3) is 1.00. The van der Waals surface area contributed by atoms with E-state index in [0.29, 0.717) is 0 Å². The molecule has 0 saturated carbocycles. The highest BCUT2D eigenvalue weighted by molar-refractivity contribution is 4.98. The molecular formula is C6H12O3. The second-order valence-electron chi connectivity index (χ2n) is 3.16. The Hall–Kier alpha value is -0.120. The smallest absolute Gasteiger partial charge is 0.192 e. The van der Waals surface area contributed by atoms with Crippen molar-refractivity contribution in [2.75, 3.05) is 0 Å². The maximum Gasteiger partial charge on any atom is 0.192 e. The average molecular weight is 132 g/mol. The first-order valence-electron chi connectivity index (χ1n) is 2.97. The molecule has 0 bridgehead atoms. The fourth-order valence-corrected chi connectivity index (χ4v) is 1.23. The topological polar surface area (TPSA) is 49.7 Å². The highest BCUT2D eigenvalue weighted by atomic mass is 16.7. The third-order valence-corrected chi connectivity index (χ3v) is 1.64. The summed E-state index contributed by atoms with van der Waals surface area (Å²) in [6, 6.07) is 0. The van der Waals surface area contributed by atoms with Gasteiger partial charge in [0, 0.05) is 0 Å². The summed E-state index contributed by atoms with van der Waals surface area (Å²) in [5.41, 5.74) is -0.580. The molecule has 2 atom stereocenters. The number of aliphatic hydroxyl groups is 2. The number of rotatable bonds is 0. The van der Waals surface area contributed by atoms with Crippen molar-refractivity contribution in [1.29, 1.82) is 0 Å². The van der Waals surface area contributed by atoms with Crippen LogP contribution in [0.3, 0.4) is 0 Å². The summed E-state index contributed by atoms with van der Waals surface area (Å²) in [5, 5.41) is 18.2. The second-order valence-corrected chi connectivity index (χ2v) is 3.16. The van der Waals surface area contributed by atoms with E-state index < -0.39 is 17.5 Å². The van der Waals surface area contributed by atoms with Crippen LogP contribution < -0.4 is 0 Å². The zero-order valence-corrected chi connectivity index (χ0v) is 5.88. The van der Waals surface area contributed by atoms with Crippen LogP contribution in [0.1, 0.15) is 20.8 Å². The van der Waals surface area contributed by atoms with E-state index in [2.05, 4.69) is 0 Å². The molecule has 0 radical (unpaired) electrons. The Morgan fingerprint density at radius 3 is 1.78 bits per heavy atom. The van der Waals surface area contributed by atoms with Crippen LogP contribution >= 0.6 is 0 Å². The maximum absolute atomic E-state index is 9.13. The molecule has 1 aliphatic rings. The molecule has 0 spiro atoms. The van der Waals surface area contributed by atoms with Crippen molar-refractivity contribution < 1.29 is 14.9 Å². The molecule has 2 N–H and O–H groups in total. The van der Waals surface area contributed by atoms with E-state index in [1.807, 2.05) is 0 Å². The SMILES string of the molecule is CC1(C)OC(C)(O)C1O. The predicted octanol–water partition coefficient (Wildman–Crippen LogP) is -0.135. The van der Waals surface area contributed by atoms with Gasteiger partial charge in [0.05, 0.1) is 5.60 Å². The minimum absolute atomic E-state index is 0.580. The standard InChI is InChI=1S/C6H12O3/c1-5(2)4(7)6(3,8)9-5/h4,7-8H,1-3H3. The molecule has 0 aliphatic carbocycles. The highest BCUT2D eigenvalue weighted by Crippen LogP contribution is 2.38. The molecule has 2 unspecified atom stereocenters. The van der Waals surface area contributed by atoms with Gasteiger partial charge >= 0.3 is 0 Å². The van der Waals surface area contributed by atoms with Crippen LogP contribution in [0.25, 0.3) is 0 Å². The second kappa shape index (κ2) is 1.48. The molecule has 0 aromatic carbocycles. The third kappa shape index (κ3) is 0.852. The largest absolute Gasteiger partial charge is 0.384 e. The maximum atomic E-state index is 9.13. The van der Waals surface area contributed by atoms with E-state index >= 15 is 0 Å². The van der Waals surface area contributed by atoms with Gasteiger partial charge in [0.2, 0.25) is 0 Å². The lowest BCUT2D eigenvalue weighted by molar-refractivity contribution is -0.408. The fourth-order valence-electron chi connectivity index (χ4n) is 1.23. The van der Waals surface area contributed by atoms with Crippen LogP contribution in [0.15, 0.2) is 0 Å². The van der Waals surface area contributed by atoms with E-state index in [9.17, 15) is 0 Å². The normalized spacial score (nSPS) is 48.3. The van der Waals surface area contributed by atoms with Gasteiger partial charge in [0.15, 0.2) is 5.79 Å². The summed E-state index contributed by atoms with van der Waals surface area (Å²) in [6.07, 6.45) is -0.773. The molecule has 3 nitrogen and oxygen atoms in total. The van der Waals surface area contributed by atoms with Crippen molar-refractivity contribution in [3.63, 3.8) is 0 Å². The monoisotopic (exact) mass is 132 g/mol. The van der Waals surface area contributed by atoms with E-state index in [-0.39, 0.29) is 0 Å². The van der Waals surface area contributed by atoms with E-state index in [0.717, 1.165) is 0 Å². The molecule has 0 amide bonds. The quantitative estimate of drug-likeness (QED) is 0.482. The molecule has 1 fully saturated rings. The molecular weight excluding hydrogens is 120 g/mol. The van der Waals surface area contributed by atoms with E-state index in [1.165, 1.54) is 6.92 Å². The first-order valence-corrected chi connectivity index (χ1v) is 2.97. The molecule has 1 heterocycles. The first kappa shape index (κ1) is 6.99. The Kier molecular flexibility index (Phi) is 1.15. The average Bonchev–Trinajstić information content (AvgIpc) is 1.63. The van der Waals surface area contributed by atoms with Crippen molar-refractivity contribution in [2.24, 2.45) is 0 Å². The van der Waals surface area contributed by atoms with Crippen molar-refractivity contribution >= 4 is 0 Å². The molecule has 9 heavy (non-hydrogen) atoms.